The molecule has 0 amide bonds. The van der Waals surface area contributed by atoms with E-state index in [9.17, 15) is 0 Å². The molecular weight excluding hydrogens is 482 g/mol. The summed E-state index contributed by atoms with van der Waals surface area (Å²) in [5.74, 6) is 3.16. The number of hydrogen-bond acceptors (Lipinski definition) is 10. The molecule has 1 N–H and O–H groups in total. The molecule has 3 saturated heterocycles. The summed E-state index contributed by atoms with van der Waals surface area (Å²) in [6, 6.07) is 4.48. The van der Waals surface area contributed by atoms with Gasteiger partial charge in [-0.25, -0.2) is 4.98 Å². The van der Waals surface area contributed by atoms with Crippen LogP contribution in [0.2, 0.25) is 0 Å². The highest BCUT2D eigenvalue weighted by Crippen LogP contribution is 2.36. The van der Waals surface area contributed by atoms with Crippen molar-refractivity contribution in [1.82, 2.24) is 24.7 Å². The van der Waals surface area contributed by atoms with Crippen LogP contribution in [-0.4, -0.2) is 131 Å². The lowest BCUT2D eigenvalue weighted by molar-refractivity contribution is 0.0357. The quantitative estimate of drug-likeness (QED) is 0.491. The highest BCUT2D eigenvalue weighted by molar-refractivity contribution is 5.93. The Balaban J connectivity index is 1.38. The molecule has 3 aliphatic heterocycles. The first kappa shape index (κ1) is 27.2. The molecule has 3 fully saturated rings. The zero-order chi connectivity index (χ0) is 26.3. The lowest BCUT2D eigenvalue weighted by Crippen LogP contribution is -2.37. The van der Waals surface area contributed by atoms with Gasteiger partial charge >= 0.3 is 0 Å². The van der Waals surface area contributed by atoms with Gasteiger partial charge in [-0.3, -0.25) is 4.90 Å². The number of nitrogens with zero attached hydrogens (tertiary/aromatic N) is 6. The van der Waals surface area contributed by atoms with Crippen molar-refractivity contribution in [3.05, 3.63) is 12.1 Å². The Morgan fingerprint density at radius 2 is 1.71 bits per heavy atom. The van der Waals surface area contributed by atoms with Gasteiger partial charge in [-0.1, -0.05) is 0 Å². The summed E-state index contributed by atoms with van der Waals surface area (Å²) < 4.78 is 17.5. The number of benzene rings is 1. The fraction of sp³-hybridized carbons (Fsp3) is 0.714. The predicted octanol–water partition coefficient (Wildman–Crippen LogP) is 2.39. The second-order valence-electron chi connectivity index (χ2n) is 10.9. The minimum absolute atomic E-state index is 0.398. The molecule has 210 valence electrons. The number of fused-ring (bicyclic) bond motifs is 1. The number of methoxy groups -OCH3 is 1. The number of likely N-dealkylation sites (tertiary alicyclic amines) is 1. The number of likely N-dealkylation sites (N-methyl/N-ethyl adjacent to an activating group) is 1. The van der Waals surface area contributed by atoms with Crippen molar-refractivity contribution in [3.63, 3.8) is 0 Å². The Labute approximate surface area is 227 Å². The molecule has 0 unspecified atom stereocenters. The molecule has 38 heavy (non-hydrogen) atoms. The second kappa shape index (κ2) is 13.1. The summed E-state index contributed by atoms with van der Waals surface area (Å²) in [6.45, 7) is 11.5. The molecule has 10 heteroatoms. The van der Waals surface area contributed by atoms with Gasteiger partial charge in [0.2, 0.25) is 5.95 Å². The molecule has 4 heterocycles. The molecule has 0 atom stereocenters. The van der Waals surface area contributed by atoms with Gasteiger partial charge in [0.25, 0.3) is 0 Å². The van der Waals surface area contributed by atoms with Gasteiger partial charge in [-0.05, 0) is 65.5 Å². The monoisotopic (exact) mass is 527 g/mol. The van der Waals surface area contributed by atoms with Gasteiger partial charge in [0.1, 0.15) is 5.82 Å². The highest BCUT2D eigenvalue weighted by Gasteiger charge is 2.22. The Hall–Kier alpha value is -2.40. The van der Waals surface area contributed by atoms with Gasteiger partial charge in [-0.2, -0.15) is 4.98 Å². The number of aromatic nitrogens is 2. The molecule has 0 spiro atoms. The molecule has 1 aromatic carbocycles. The zero-order valence-corrected chi connectivity index (χ0v) is 23.5. The Morgan fingerprint density at radius 1 is 0.921 bits per heavy atom. The van der Waals surface area contributed by atoms with Crippen LogP contribution in [-0.2, 0) is 4.74 Å². The fourth-order valence-electron chi connectivity index (χ4n) is 5.54. The van der Waals surface area contributed by atoms with E-state index in [0.717, 1.165) is 132 Å². The molecule has 0 bridgehead atoms. The van der Waals surface area contributed by atoms with Crippen LogP contribution in [0.25, 0.3) is 10.9 Å². The Kier molecular flexibility index (Phi) is 9.37. The second-order valence-corrected chi connectivity index (χ2v) is 10.9. The number of piperidine rings is 1. The van der Waals surface area contributed by atoms with Gasteiger partial charge < -0.3 is 34.2 Å². The topological polar surface area (TPSA) is 78.5 Å². The van der Waals surface area contributed by atoms with Crippen LogP contribution in [0.1, 0.15) is 25.7 Å². The number of ether oxygens (including phenoxy) is 3. The smallest absolute Gasteiger partial charge is 0.227 e. The van der Waals surface area contributed by atoms with E-state index < -0.39 is 0 Å². The van der Waals surface area contributed by atoms with E-state index in [1.807, 2.05) is 12.1 Å². The van der Waals surface area contributed by atoms with Crippen molar-refractivity contribution in [2.75, 3.05) is 110 Å². The first-order chi connectivity index (χ1) is 18.6. The van der Waals surface area contributed by atoms with E-state index in [1.54, 1.807) is 7.11 Å². The van der Waals surface area contributed by atoms with E-state index in [2.05, 4.69) is 39.0 Å². The normalized spacial score (nSPS) is 21.0. The minimum Gasteiger partial charge on any atom is -0.493 e. The molecule has 0 aliphatic carbocycles. The first-order valence-corrected chi connectivity index (χ1v) is 14.3. The van der Waals surface area contributed by atoms with Crippen LogP contribution in [0.4, 0.5) is 11.8 Å². The molecule has 0 radical (unpaired) electrons. The van der Waals surface area contributed by atoms with Gasteiger partial charge in [-0.15, -0.1) is 0 Å². The molecule has 10 nitrogen and oxygen atoms in total. The van der Waals surface area contributed by atoms with Gasteiger partial charge in [0.15, 0.2) is 11.5 Å². The van der Waals surface area contributed by atoms with Crippen LogP contribution in [0.5, 0.6) is 11.5 Å². The number of rotatable bonds is 9. The number of anilines is 2. The zero-order valence-electron chi connectivity index (χ0n) is 23.5. The van der Waals surface area contributed by atoms with Crippen LogP contribution in [0.15, 0.2) is 12.1 Å². The largest absolute Gasteiger partial charge is 0.493 e. The summed E-state index contributed by atoms with van der Waals surface area (Å²) in [4.78, 5) is 19.7. The molecule has 1 aromatic heterocycles. The van der Waals surface area contributed by atoms with E-state index in [-0.39, 0.29) is 0 Å². The SMILES string of the molecule is COc1cc2c(NC3CCN(C)CC3)nc(N3CCCN(C)CC3)nc2cc1OCCCN1CCOCC1. The van der Waals surface area contributed by atoms with Crippen LogP contribution >= 0.6 is 0 Å². The van der Waals surface area contributed by atoms with E-state index in [0.29, 0.717) is 12.6 Å². The van der Waals surface area contributed by atoms with Crippen LogP contribution in [0.3, 0.4) is 0 Å². The molecule has 5 rings (SSSR count). The van der Waals surface area contributed by atoms with Crippen molar-refractivity contribution in [2.24, 2.45) is 0 Å². The van der Waals surface area contributed by atoms with Crippen LogP contribution in [0, 0.1) is 0 Å². The lowest BCUT2D eigenvalue weighted by atomic mass is 10.1. The molecule has 0 saturated carbocycles. The number of hydrogen-bond donors (Lipinski definition) is 1. The Morgan fingerprint density at radius 3 is 2.50 bits per heavy atom. The van der Waals surface area contributed by atoms with E-state index >= 15 is 0 Å². The standard InChI is InChI=1S/C28H45N7O3/c1-32-8-4-10-35(14-13-32)28-30-24-21-26(38-17-5-9-34-15-18-37-19-16-34)25(36-3)20-23(24)27(31-28)29-22-6-11-33(2)12-7-22/h20-22H,4-19H2,1-3H3,(H,29,30,31). The summed E-state index contributed by atoms with van der Waals surface area (Å²) in [7, 11) is 6.08. The average Bonchev–Trinajstić information content (AvgIpc) is 3.16. The van der Waals surface area contributed by atoms with E-state index in [4.69, 9.17) is 24.2 Å². The van der Waals surface area contributed by atoms with Crippen molar-refractivity contribution in [2.45, 2.75) is 31.7 Å². The summed E-state index contributed by atoms with van der Waals surface area (Å²) in [5.41, 5.74) is 0.895. The highest BCUT2D eigenvalue weighted by atomic mass is 16.5. The third-order valence-electron chi connectivity index (χ3n) is 8.01. The van der Waals surface area contributed by atoms with E-state index in [1.165, 1.54) is 0 Å². The lowest BCUT2D eigenvalue weighted by Gasteiger charge is -2.30. The predicted molar refractivity (Wildman–Crippen MR) is 152 cm³/mol. The van der Waals surface area contributed by atoms with Crippen molar-refractivity contribution < 1.29 is 14.2 Å². The van der Waals surface area contributed by atoms with Gasteiger partial charge in [0.05, 0.1) is 32.4 Å². The maximum atomic E-state index is 6.26. The summed E-state index contributed by atoms with van der Waals surface area (Å²) >= 11 is 0. The van der Waals surface area contributed by atoms with Crippen molar-refractivity contribution in [1.29, 1.82) is 0 Å². The molecule has 2 aromatic rings. The summed E-state index contributed by atoms with van der Waals surface area (Å²) in [6.07, 6.45) is 4.27. The first-order valence-electron chi connectivity index (χ1n) is 14.3. The number of morpholine rings is 1. The molecular formula is C28H45N7O3. The van der Waals surface area contributed by atoms with Gasteiger partial charge in [0, 0.05) is 56.8 Å². The summed E-state index contributed by atoms with van der Waals surface area (Å²) in [5, 5.41) is 4.76. The third-order valence-corrected chi connectivity index (χ3v) is 8.01. The third kappa shape index (κ3) is 6.97. The average molecular weight is 528 g/mol. The van der Waals surface area contributed by atoms with Crippen molar-refractivity contribution >= 4 is 22.7 Å². The van der Waals surface area contributed by atoms with Crippen molar-refractivity contribution in [3.8, 4) is 11.5 Å². The minimum atomic E-state index is 0.398. The fourth-order valence-corrected chi connectivity index (χ4v) is 5.54. The van der Waals surface area contributed by atoms with Crippen LogP contribution < -0.4 is 19.7 Å². The maximum absolute atomic E-state index is 6.26. The molecule has 3 aliphatic rings. The Bertz CT molecular complexity index is 1040. The maximum Gasteiger partial charge on any atom is 0.227 e. The number of nitrogens with one attached hydrogen (secondary N) is 1.